The van der Waals surface area contributed by atoms with Crippen LogP contribution in [0, 0.1) is 5.92 Å². The fraction of sp³-hybridized carbons (Fsp3) is 0.500. The fourth-order valence-corrected chi connectivity index (χ4v) is 2.40. The fourth-order valence-electron chi connectivity index (χ4n) is 1.80. The van der Waals surface area contributed by atoms with Crippen LogP contribution in [0.3, 0.4) is 0 Å². The number of benzene rings is 1. The smallest absolute Gasteiger partial charge is 0.252 e. The van der Waals surface area contributed by atoms with Crippen molar-refractivity contribution in [1.82, 2.24) is 5.32 Å². The molecule has 100 valence electrons. The maximum absolute atomic E-state index is 12.1. The van der Waals surface area contributed by atoms with Crippen LogP contribution in [-0.4, -0.2) is 11.9 Å². The van der Waals surface area contributed by atoms with E-state index in [1.165, 1.54) is 0 Å². The molecule has 0 aliphatic rings. The second-order valence-electron chi connectivity index (χ2n) is 4.75. The van der Waals surface area contributed by atoms with E-state index in [4.69, 9.17) is 11.6 Å². The predicted octanol–water partition coefficient (Wildman–Crippen LogP) is 4.66. The molecule has 4 heteroatoms. The number of halogens is 2. The monoisotopic (exact) mass is 331 g/mol. The van der Waals surface area contributed by atoms with Crippen molar-refractivity contribution in [2.24, 2.45) is 5.92 Å². The zero-order valence-electron chi connectivity index (χ0n) is 11.0. The van der Waals surface area contributed by atoms with Crippen molar-refractivity contribution in [3.05, 3.63) is 33.3 Å². The highest BCUT2D eigenvalue weighted by Crippen LogP contribution is 2.21. The van der Waals surface area contributed by atoms with Crippen LogP contribution >= 0.6 is 27.5 Å². The molecular formula is C14H19BrClNO. The standard InChI is InChI=1S/C14H19BrClNO/c1-4-9(2)7-10(3)17-14(18)12-8-11(16)5-6-13(12)15/h5-6,8-10H,4,7H2,1-3H3,(H,17,18). The molecule has 0 radical (unpaired) electrons. The summed E-state index contributed by atoms with van der Waals surface area (Å²) in [5.74, 6) is 0.531. The molecule has 1 aromatic rings. The van der Waals surface area contributed by atoms with E-state index in [1.807, 2.05) is 6.92 Å². The summed E-state index contributed by atoms with van der Waals surface area (Å²) < 4.78 is 0.764. The van der Waals surface area contributed by atoms with Crippen molar-refractivity contribution in [3.63, 3.8) is 0 Å². The summed E-state index contributed by atoms with van der Waals surface area (Å²) in [7, 11) is 0. The van der Waals surface area contributed by atoms with Gasteiger partial charge in [0.15, 0.2) is 0 Å². The number of carbonyl (C=O) groups excluding carboxylic acids is 1. The first kappa shape index (κ1) is 15.5. The van der Waals surface area contributed by atoms with E-state index in [0.717, 1.165) is 17.3 Å². The van der Waals surface area contributed by atoms with Gasteiger partial charge in [0.25, 0.3) is 5.91 Å². The number of rotatable bonds is 5. The van der Waals surface area contributed by atoms with Gasteiger partial charge in [0, 0.05) is 15.5 Å². The Kier molecular flexibility index (Phi) is 6.16. The summed E-state index contributed by atoms with van der Waals surface area (Å²) in [5, 5.41) is 3.57. The van der Waals surface area contributed by atoms with Crippen molar-refractivity contribution in [3.8, 4) is 0 Å². The van der Waals surface area contributed by atoms with Gasteiger partial charge in [-0.3, -0.25) is 4.79 Å². The first-order valence-electron chi connectivity index (χ1n) is 6.20. The maximum Gasteiger partial charge on any atom is 0.252 e. The van der Waals surface area contributed by atoms with E-state index in [0.29, 0.717) is 16.5 Å². The van der Waals surface area contributed by atoms with Gasteiger partial charge in [0.05, 0.1) is 5.56 Å². The molecule has 1 rings (SSSR count). The van der Waals surface area contributed by atoms with Gasteiger partial charge in [-0.05, 0) is 53.4 Å². The third kappa shape index (κ3) is 4.62. The van der Waals surface area contributed by atoms with Gasteiger partial charge < -0.3 is 5.32 Å². The van der Waals surface area contributed by atoms with E-state index >= 15 is 0 Å². The lowest BCUT2D eigenvalue weighted by atomic mass is 10.0. The summed E-state index contributed by atoms with van der Waals surface area (Å²) in [6.07, 6.45) is 2.11. The minimum absolute atomic E-state index is 0.0832. The third-order valence-electron chi connectivity index (χ3n) is 3.00. The normalized spacial score (nSPS) is 14.1. The molecule has 0 spiro atoms. The van der Waals surface area contributed by atoms with Gasteiger partial charge in [0.2, 0.25) is 0 Å². The minimum Gasteiger partial charge on any atom is -0.350 e. The van der Waals surface area contributed by atoms with Crippen molar-refractivity contribution >= 4 is 33.4 Å². The Morgan fingerprint density at radius 3 is 2.72 bits per heavy atom. The molecule has 2 unspecified atom stereocenters. The predicted molar refractivity (Wildman–Crippen MR) is 80.2 cm³/mol. The molecule has 0 saturated heterocycles. The van der Waals surface area contributed by atoms with Gasteiger partial charge in [-0.2, -0.15) is 0 Å². The Hall–Kier alpha value is -0.540. The van der Waals surface area contributed by atoms with Crippen molar-refractivity contribution in [2.45, 2.75) is 39.7 Å². The van der Waals surface area contributed by atoms with Crippen LogP contribution in [0.25, 0.3) is 0 Å². The van der Waals surface area contributed by atoms with Gasteiger partial charge in [-0.15, -0.1) is 0 Å². The average molecular weight is 333 g/mol. The lowest BCUT2D eigenvalue weighted by molar-refractivity contribution is 0.0934. The van der Waals surface area contributed by atoms with Crippen molar-refractivity contribution in [1.29, 1.82) is 0 Å². The van der Waals surface area contributed by atoms with Gasteiger partial charge in [-0.25, -0.2) is 0 Å². The zero-order chi connectivity index (χ0) is 13.7. The van der Waals surface area contributed by atoms with Crippen LogP contribution in [0.2, 0.25) is 5.02 Å². The highest BCUT2D eigenvalue weighted by molar-refractivity contribution is 9.10. The summed E-state index contributed by atoms with van der Waals surface area (Å²) in [6, 6.07) is 5.39. The maximum atomic E-state index is 12.1. The lowest BCUT2D eigenvalue weighted by Gasteiger charge is -2.18. The molecule has 0 bridgehead atoms. The zero-order valence-corrected chi connectivity index (χ0v) is 13.3. The summed E-state index contributed by atoms with van der Waals surface area (Å²) >= 11 is 9.27. The summed E-state index contributed by atoms with van der Waals surface area (Å²) in [4.78, 5) is 12.1. The van der Waals surface area contributed by atoms with E-state index in [9.17, 15) is 4.79 Å². The Balaban J connectivity index is 2.67. The topological polar surface area (TPSA) is 29.1 Å². The molecular weight excluding hydrogens is 314 g/mol. The highest BCUT2D eigenvalue weighted by Gasteiger charge is 2.14. The first-order valence-corrected chi connectivity index (χ1v) is 7.37. The van der Waals surface area contributed by atoms with E-state index in [1.54, 1.807) is 18.2 Å². The number of amides is 1. The second-order valence-corrected chi connectivity index (χ2v) is 6.04. The van der Waals surface area contributed by atoms with Crippen LogP contribution in [0.5, 0.6) is 0 Å². The van der Waals surface area contributed by atoms with Crippen LogP contribution < -0.4 is 5.32 Å². The molecule has 1 aromatic carbocycles. The molecule has 1 N–H and O–H groups in total. The molecule has 0 aliphatic heterocycles. The minimum atomic E-state index is -0.0832. The molecule has 1 amide bonds. The number of hydrogen-bond acceptors (Lipinski definition) is 1. The summed E-state index contributed by atoms with van der Waals surface area (Å²) in [6.45, 7) is 6.38. The van der Waals surface area contributed by atoms with Gasteiger partial charge >= 0.3 is 0 Å². The van der Waals surface area contributed by atoms with Crippen LogP contribution in [0.15, 0.2) is 22.7 Å². The molecule has 0 saturated carbocycles. The van der Waals surface area contributed by atoms with E-state index in [-0.39, 0.29) is 11.9 Å². The number of carbonyl (C=O) groups is 1. The van der Waals surface area contributed by atoms with Crippen LogP contribution in [0.1, 0.15) is 44.0 Å². The first-order chi connectivity index (χ1) is 8.43. The van der Waals surface area contributed by atoms with Gasteiger partial charge in [0.1, 0.15) is 0 Å². The van der Waals surface area contributed by atoms with E-state index in [2.05, 4.69) is 35.1 Å². The molecule has 0 aromatic heterocycles. The SMILES string of the molecule is CCC(C)CC(C)NC(=O)c1cc(Cl)ccc1Br. The molecule has 0 fully saturated rings. The van der Waals surface area contributed by atoms with Gasteiger partial charge in [-0.1, -0.05) is 31.9 Å². The molecule has 18 heavy (non-hydrogen) atoms. The third-order valence-corrected chi connectivity index (χ3v) is 3.93. The van der Waals surface area contributed by atoms with Crippen molar-refractivity contribution in [2.75, 3.05) is 0 Å². The average Bonchev–Trinajstić information content (AvgIpc) is 2.31. The molecule has 0 aliphatic carbocycles. The quantitative estimate of drug-likeness (QED) is 0.835. The van der Waals surface area contributed by atoms with Crippen molar-refractivity contribution < 1.29 is 4.79 Å². The lowest BCUT2D eigenvalue weighted by Crippen LogP contribution is -2.33. The van der Waals surface area contributed by atoms with Crippen LogP contribution in [0.4, 0.5) is 0 Å². The largest absolute Gasteiger partial charge is 0.350 e. The Bertz CT molecular complexity index is 422. The molecule has 0 heterocycles. The number of nitrogens with one attached hydrogen (secondary N) is 1. The number of hydrogen-bond donors (Lipinski definition) is 1. The second kappa shape index (κ2) is 7.15. The highest BCUT2D eigenvalue weighted by atomic mass is 79.9. The Labute approximate surface area is 122 Å². The molecule has 2 nitrogen and oxygen atoms in total. The molecule has 2 atom stereocenters. The Morgan fingerprint density at radius 2 is 2.11 bits per heavy atom. The summed E-state index contributed by atoms with van der Waals surface area (Å²) in [5.41, 5.74) is 0.582. The van der Waals surface area contributed by atoms with Crippen LogP contribution in [-0.2, 0) is 0 Å². The van der Waals surface area contributed by atoms with E-state index < -0.39 is 0 Å². The Morgan fingerprint density at radius 1 is 1.44 bits per heavy atom.